The summed E-state index contributed by atoms with van der Waals surface area (Å²) >= 11 is 0. The highest BCUT2D eigenvalue weighted by Crippen LogP contribution is 2.34. The Balaban J connectivity index is 1.28. The molecule has 0 aromatic carbocycles. The molecule has 32 heavy (non-hydrogen) atoms. The topological polar surface area (TPSA) is 116 Å². The molecule has 2 saturated heterocycles. The van der Waals surface area contributed by atoms with Gasteiger partial charge in [0.05, 0.1) is 29.2 Å². The van der Waals surface area contributed by atoms with Gasteiger partial charge in [-0.1, -0.05) is 6.07 Å². The highest BCUT2D eigenvalue weighted by molar-refractivity contribution is 6.05. The van der Waals surface area contributed by atoms with Crippen molar-refractivity contribution >= 4 is 17.7 Å². The van der Waals surface area contributed by atoms with E-state index in [0.29, 0.717) is 49.3 Å². The number of pyridine rings is 2. The lowest BCUT2D eigenvalue weighted by atomic mass is 9.87. The van der Waals surface area contributed by atoms with Gasteiger partial charge in [-0.25, -0.2) is 0 Å². The van der Waals surface area contributed by atoms with Gasteiger partial charge in [-0.05, 0) is 43.5 Å². The number of hydrogen-bond acceptors (Lipinski definition) is 7. The normalized spacial score (nSPS) is 23.2. The summed E-state index contributed by atoms with van der Waals surface area (Å²) in [5.41, 5.74) is 1.53. The Morgan fingerprint density at radius 1 is 1.12 bits per heavy atom. The average Bonchev–Trinajstić information content (AvgIpc) is 3.12. The van der Waals surface area contributed by atoms with E-state index in [9.17, 15) is 19.5 Å². The van der Waals surface area contributed by atoms with Crippen molar-refractivity contribution < 1.29 is 19.5 Å². The van der Waals surface area contributed by atoms with Crippen molar-refractivity contribution in [3.05, 3.63) is 59.2 Å². The fourth-order valence-corrected chi connectivity index (χ4v) is 4.75. The number of likely N-dealkylation sites (tertiary alicyclic amines) is 1. The molecule has 1 atom stereocenters. The molecule has 2 fully saturated rings. The quantitative estimate of drug-likeness (QED) is 0.680. The summed E-state index contributed by atoms with van der Waals surface area (Å²) < 4.78 is 0. The second-order valence-electron chi connectivity index (χ2n) is 8.72. The van der Waals surface area contributed by atoms with Gasteiger partial charge < -0.3 is 10.0 Å². The number of amides is 3. The number of fused-ring (bicyclic) bond motifs is 1. The summed E-state index contributed by atoms with van der Waals surface area (Å²) in [5.74, 6) is -1.01. The molecule has 3 amide bonds. The van der Waals surface area contributed by atoms with Crippen LogP contribution in [0.5, 0.6) is 0 Å². The number of carbonyl (C=O) groups excluding carboxylic acids is 3. The van der Waals surface area contributed by atoms with Gasteiger partial charge >= 0.3 is 0 Å². The standard InChI is InChI=1S/C23H25N5O4/c29-20-7-5-18(21(30)26-20)28-14-17-16(22(28)31)4-6-19(25-17)23(32)8-11-27(12-9-23)13-15-3-1-2-10-24-15/h1-4,6,10,18,32H,5,7-9,11-14H2,(H,26,29,30). The highest BCUT2D eigenvalue weighted by Gasteiger charge is 2.41. The monoisotopic (exact) mass is 435 g/mol. The van der Waals surface area contributed by atoms with Crippen LogP contribution in [0.3, 0.4) is 0 Å². The van der Waals surface area contributed by atoms with E-state index in [1.165, 1.54) is 4.90 Å². The van der Waals surface area contributed by atoms with Crippen molar-refractivity contribution in [2.45, 2.75) is 50.4 Å². The predicted octanol–water partition coefficient (Wildman–Crippen LogP) is 0.721. The van der Waals surface area contributed by atoms with Crippen LogP contribution in [-0.4, -0.2) is 61.7 Å². The third-order valence-corrected chi connectivity index (χ3v) is 6.64. The van der Waals surface area contributed by atoms with Crippen LogP contribution in [0.1, 0.15) is 53.1 Å². The van der Waals surface area contributed by atoms with Gasteiger partial charge in [0.15, 0.2) is 0 Å². The zero-order chi connectivity index (χ0) is 22.3. The zero-order valence-electron chi connectivity index (χ0n) is 17.7. The molecule has 2 N–H and O–H groups in total. The number of piperidine rings is 2. The lowest BCUT2D eigenvalue weighted by Crippen LogP contribution is -2.52. The predicted molar refractivity (Wildman–Crippen MR) is 113 cm³/mol. The first-order valence-electron chi connectivity index (χ1n) is 10.9. The number of aromatic nitrogens is 2. The first kappa shape index (κ1) is 20.7. The van der Waals surface area contributed by atoms with Crippen molar-refractivity contribution in [1.29, 1.82) is 0 Å². The van der Waals surface area contributed by atoms with E-state index in [2.05, 4.69) is 20.2 Å². The number of carbonyl (C=O) groups is 3. The molecular formula is C23H25N5O4. The second kappa shape index (κ2) is 8.07. The van der Waals surface area contributed by atoms with E-state index in [1.807, 2.05) is 18.2 Å². The molecule has 0 aliphatic carbocycles. The lowest BCUT2D eigenvalue weighted by molar-refractivity contribution is -0.136. The number of nitrogens with zero attached hydrogens (tertiary/aromatic N) is 4. The van der Waals surface area contributed by atoms with Crippen LogP contribution in [0.15, 0.2) is 36.5 Å². The summed E-state index contributed by atoms with van der Waals surface area (Å²) in [6, 6.07) is 8.61. The Morgan fingerprint density at radius 3 is 2.66 bits per heavy atom. The zero-order valence-corrected chi connectivity index (χ0v) is 17.7. The molecule has 9 nitrogen and oxygen atoms in total. The smallest absolute Gasteiger partial charge is 0.256 e. The fraction of sp³-hybridized carbons (Fsp3) is 0.435. The third kappa shape index (κ3) is 3.78. The van der Waals surface area contributed by atoms with Crippen molar-refractivity contribution in [2.75, 3.05) is 13.1 Å². The minimum absolute atomic E-state index is 0.205. The minimum atomic E-state index is -1.05. The van der Waals surface area contributed by atoms with Gasteiger partial charge in [-0.15, -0.1) is 0 Å². The fourth-order valence-electron chi connectivity index (χ4n) is 4.75. The van der Waals surface area contributed by atoms with Gasteiger partial charge in [0.1, 0.15) is 11.6 Å². The second-order valence-corrected chi connectivity index (χ2v) is 8.72. The van der Waals surface area contributed by atoms with Crippen LogP contribution in [0.4, 0.5) is 0 Å². The Morgan fingerprint density at radius 2 is 1.94 bits per heavy atom. The van der Waals surface area contributed by atoms with Gasteiger partial charge in [-0.3, -0.25) is 34.6 Å². The molecule has 3 aliphatic rings. The van der Waals surface area contributed by atoms with E-state index >= 15 is 0 Å². The number of hydrogen-bond donors (Lipinski definition) is 2. The van der Waals surface area contributed by atoms with Gasteiger partial charge in [-0.2, -0.15) is 0 Å². The first-order valence-corrected chi connectivity index (χ1v) is 10.9. The molecule has 166 valence electrons. The summed E-state index contributed by atoms with van der Waals surface area (Å²) in [7, 11) is 0. The van der Waals surface area contributed by atoms with Crippen molar-refractivity contribution in [3.63, 3.8) is 0 Å². The van der Waals surface area contributed by atoms with Crippen LogP contribution in [0.2, 0.25) is 0 Å². The Hall–Kier alpha value is -3.17. The molecule has 2 aromatic rings. The molecule has 0 spiro atoms. The molecule has 0 bridgehead atoms. The number of rotatable bonds is 4. The largest absolute Gasteiger partial charge is 0.383 e. The van der Waals surface area contributed by atoms with Gasteiger partial charge in [0, 0.05) is 32.3 Å². The molecule has 2 aromatic heterocycles. The summed E-state index contributed by atoms with van der Waals surface area (Å²) in [5, 5.41) is 13.6. The number of nitrogens with one attached hydrogen (secondary N) is 1. The summed E-state index contributed by atoms with van der Waals surface area (Å²) in [6.07, 6.45) is 3.38. The Labute approximate surface area is 185 Å². The van der Waals surface area contributed by atoms with Gasteiger partial charge in [0.2, 0.25) is 11.8 Å². The van der Waals surface area contributed by atoms with Crippen LogP contribution >= 0.6 is 0 Å². The van der Waals surface area contributed by atoms with E-state index in [4.69, 9.17) is 0 Å². The SMILES string of the molecule is O=C1CCC(N2Cc3nc(C4(O)CCN(Cc5ccccn5)CC4)ccc3C2=O)C(=O)N1. The number of aliphatic hydroxyl groups is 1. The van der Waals surface area contributed by atoms with E-state index < -0.39 is 17.6 Å². The van der Waals surface area contributed by atoms with Crippen LogP contribution in [0, 0.1) is 0 Å². The van der Waals surface area contributed by atoms with E-state index in [0.717, 1.165) is 12.2 Å². The van der Waals surface area contributed by atoms with Crippen LogP contribution in [-0.2, 0) is 28.3 Å². The van der Waals surface area contributed by atoms with Gasteiger partial charge in [0.25, 0.3) is 5.91 Å². The lowest BCUT2D eigenvalue weighted by Gasteiger charge is -2.37. The maximum atomic E-state index is 12.9. The molecule has 5 rings (SSSR count). The minimum Gasteiger partial charge on any atom is -0.383 e. The van der Waals surface area contributed by atoms with Crippen LogP contribution in [0.25, 0.3) is 0 Å². The molecule has 1 unspecified atom stereocenters. The van der Waals surface area contributed by atoms with E-state index in [1.54, 1.807) is 18.3 Å². The van der Waals surface area contributed by atoms with E-state index in [-0.39, 0.29) is 24.8 Å². The molecule has 3 aliphatic heterocycles. The van der Waals surface area contributed by atoms with Crippen molar-refractivity contribution in [3.8, 4) is 0 Å². The maximum absolute atomic E-state index is 12.9. The molecule has 0 radical (unpaired) electrons. The van der Waals surface area contributed by atoms with Crippen molar-refractivity contribution in [2.24, 2.45) is 0 Å². The summed E-state index contributed by atoms with van der Waals surface area (Å²) in [6.45, 7) is 2.38. The van der Waals surface area contributed by atoms with Crippen LogP contribution < -0.4 is 5.32 Å². The maximum Gasteiger partial charge on any atom is 0.256 e. The average molecular weight is 435 g/mol. The van der Waals surface area contributed by atoms with Crippen molar-refractivity contribution in [1.82, 2.24) is 25.1 Å². The molecular weight excluding hydrogens is 410 g/mol. The molecule has 9 heteroatoms. The summed E-state index contributed by atoms with van der Waals surface area (Å²) in [4.78, 5) is 49.3. The number of imide groups is 1. The highest BCUT2D eigenvalue weighted by atomic mass is 16.3. The third-order valence-electron chi connectivity index (χ3n) is 6.64. The first-order chi connectivity index (χ1) is 15.4. The molecule has 5 heterocycles. The Bertz CT molecular complexity index is 1070. The Kier molecular flexibility index (Phi) is 5.22. The molecule has 0 saturated carbocycles.